The van der Waals surface area contributed by atoms with Crippen molar-refractivity contribution in [3.63, 3.8) is 0 Å². The lowest BCUT2D eigenvalue weighted by molar-refractivity contribution is 0.305. The maximum atomic E-state index is 5.94. The molecule has 0 aromatic heterocycles. The van der Waals surface area contributed by atoms with E-state index in [1.807, 2.05) is 60.7 Å². The second kappa shape index (κ2) is 10.6. The molecular formula is C30H28O4. The van der Waals surface area contributed by atoms with E-state index in [0.29, 0.717) is 23.0 Å². The molecule has 4 aromatic carbocycles. The van der Waals surface area contributed by atoms with Crippen molar-refractivity contribution in [1.29, 1.82) is 0 Å². The molecule has 4 aromatic rings. The Bertz CT molecular complexity index is 1220. The van der Waals surface area contributed by atoms with Gasteiger partial charge in [0.2, 0.25) is 11.5 Å². The largest absolute Gasteiger partial charge is 0.493 e. The first kappa shape index (κ1) is 23.0. The van der Waals surface area contributed by atoms with Crippen molar-refractivity contribution in [2.24, 2.45) is 0 Å². The first-order chi connectivity index (χ1) is 16.7. The van der Waals surface area contributed by atoms with Crippen molar-refractivity contribution in [2.75, 3.05) is 28.4 Å². The quantitative estimate of drug-likeness (QED) is 0.278. The lowest BCUT2D eigenvalue weighted by Crippen LogP contribution is -2.04. The highest BCUT2D eigenvalue weighted by Crippen LogP contribution is 2.51. The van der Waals surface area contributed by atoms with Gasteiger partial charge in [0.25, 0.3) is 0 Å². The van der Waals surface area contributed by atoms with Crippen molar-refractivity contribution in [3.05, 3.63) is 119 Å². The molecule has 34 heavy (non-hydrogen) atoms. The van der Waals surface area contributed by atoms with Crippen molar-refractivity contribution >= 4 is 11.1 Å². The molecule has 4 nitrogen and oxygen atoms in total. The van der Waals surface area contributed by atoms with E-state index in [9.17, 15) is 0 Å². The Labute approximate surface area is 201 Å². The van der Waals surface area contributed by atoms with Gasteiger partial charge in [0, 0.05) is 11.1 Å². The summed E-state index contributed by atoms with van der Waals surface area (Å²) in [6.45, 7) is 0. The van der Waals surface area contributed by atoms with E-state index in [1.54, 1.807) is 28.4 Å². The van der Waals surface area contributed by atoms with Gasteiger partial charge >= 0.3 is 0 Å². The van der Waals surface area contributed by atoms with Gasteiger partial charge in [-0.3, -0.25) is 0 Å². The number of benzene rings is 4. The van der Waals surface area contributed by atoms with E-state index in [2.05, 4.69) is 36.4 Å². The van der Waals surface area contributed by atoms with Gasteiger partial charge in [-0.1, -0.05) is 91.0 Å². The molecule has 0 radical (unpaired) electrons. The van der Waals surface area contributed by atoms with Crippen molar-refractivity contribution < 1.29 is 18.9 Å². The number of hydrogen-bond acceptors (Lipinski definition) is 4. The molecular weight excluding hydrogens is 424 g/mol. The van der Waals surface area contributed by atoms with E-state index in [4.69, 9.17) is 18.9 Å². The van der Waals surface area contributed by atoms with Crippen LogP contribution in [0.2, 0.25) is 0 Å². The van der Waals surface area contributed by atoms with Crippen molar-refractivity contribution in [3.8, 4) is 23.0 Å². The fourth-order valence-corrected chi connectivity index (χ4v) is 4.22. The molecule has 0 N–H and O–H groups in total. The lowest BCUT2D eigenvalue weighted by Gasteiger charge is -2.23. The second-order valence-corrected chi connectivity index (χ2v) is 7.57. The van der Waals surface area contributed by atoms with Gasteiger partial charge in [-0.05, 0) is 28.3 Å². The van der Waals surface area contributed by atoms with Crippen LogP contribution in [0.5, 0.6) is 23.0 Å². The van der Waals surface area contributed by atoms with E-state index in [-0.39, 0.29) is 0 Å². The fraction of sp³-hybridized carbons (Fsp3) is 0.133. The predicted octanol–water partition coefficient (Wildman–Crippen LogP) is 6.73. The molecule has 0 aliphatic carbocycles. The highest BCUT2D eigenvalue weighted by molar-refractivity contribution is 6.06. The first-order valence-electron chi connectivity index (χ1n) is 11.0. The van der Waals surface area contributed by atoms with Gasteiger partial charge in [0.1, 0.15) is 0 Å². The second-order valence-electron chi connectivity index (χ2n) is 7.57. The maximum Gasteiger partial charge on any atom is 0.207 e. The number of hydrogen-bond donors (Lipinski definition) is 0. The molecule has 0 aliphatic rings. The molecule has 4 rings (SSSR count). The average molecular weight is 453 g/mol. The summed E-state index contributed by atoms with van der Waals surface area (Å²) < 4.78 is 23.0. The zero-order valence-electron chi connectivity index (χ0n) is 19.9. The summed E-state index contributed by atoms with van der Waals surface area (Å²) in [6.07, 6.45) is 0. The van der Waals surface area contributed by atoms with Crippen LogP contribution in [0.15, 0.2) is 97.1 Å². The van der Waals surface area contributed by atoms with E-state index >= 15 is 0 Å². The van der Waals surface area contributed by atoms with Gasteiger partial charge < -0.3 is 18.9 Å². The van der Waals surface area contributed by atoms with Gasteiger partial charge in [-0.25, -0.2) is 0 Å². The minimum atomic E-state index is 0.480. The Kier molecular flexibility index (Phi) is 7.19. The van der Waals surface area contributed by atoms with Crippen molar-refractivity contribution in [2.45, 2.75) is 0 Å². The van der Waals surface area contributed by atoms with Crippen LogP contribution in [-0.2, 0) is 0 Å². The molecule has 0 aliphatic heterocycles. The van der Waals surface area contributed by atoms with E-state index < -0.39 is 0 Å². The molecule has 0 heterocycles. The third-order valence-electron chi connectivity index (χ3n) is 5.70. The minimum absolute atomic E-state index is 0.480. The SMILES string of the molecule is COc1cc(C(=C(c2ccccc2)c2ccccc2)c2ccccc2)c(OC)c(OC)c1OC. The predicted molar refractivity (Wildman–Crippen MR) is 137 cm³/mol. The number of ether oxygens (including phenoxy) is 4. The summed E-state index contributed by atoms with van der Waals surface area (Å²) in [4.78, 5) is 0. The lowest BCUT2D eigenvalue weighted by atomic mass is 9.85. The normalized spacial score (nSPS) is 10.4. The maximum absolute atomic E-state index is 5.94. The van der Waals surface area contributed by atoms with Crippen LogP contribution in [0.3, 0.4) is 0 Å². The highest BCUT2D eigenvalue weighted by atomic mass is 16.5. The monoisotopic (exact) mass is 452 g/mol. The van der Waals surface area contributed by atoms with Crippen LogP contribution >= 0.6 is 0 Å². The molecule has 0 saturated heterocycles. The molecule has 0 saturated carbocycles. The molecule has 0 bridgehead atoms. The van der Waals surface area contributed by atoms with Gasteiger partial charge in [-0.15, -0.1) is 0 Å². The van der Waals surface area contributed by atoms with Crippen LogP contribution < -0.4 is 18.9 Å². The summed E-state index contributed by atoms with van der Waals surface area (Å²) >= 11 is 0. The van der Waals surface area contributed by atoms with Gasteiger partial charge in [-0.2, -0.15) is 0 Å². The number of methoxy groups -OCH3 is 4. The molecule has 0 atom stereocenters. The van der Waals surface area contributed by atoms with Crippen LogP contribution in [0, 0.1) is 0 Å². The Morgan fingerprint density at radius 2 is 0.853 bits per heavy atom. The Balaban J connectivity index is 2.21. The summed E-state index contributed by atoms with van der Waals surface area (Å²) in [6, 6.07) is 33.0. The molecule has 172 valence electrons. The van der Waals surface area contributed by atoms with Crippen molar-refractivity contribution in [1.82, 2.24) is 0 Å². The topological polar surface area (TPSA) is 36.9 Å². The highest BCUT2D eigenvalue weighted by Gasteiger charge is 2.26. The molecule has 4 heteroatoms. The van der Waals surface area contributed by atoms with Gasteiger partial charge in [0.15, 0.2) is 11.5 Å². The third-order valence-corrected chi connectivity index (χ3v) is 5.70. The Morgan fingerprint density at radius 3 is 1.24 bits per heavy atom. The van der Waals surface area contributed by atoms with Crippen LogP contribution in [-0.4, -0.2) is 28.4 Å². The standard InChI is InChI=1S/C30H28O4/c1-31-25-20-24(28(32-2)30(34-4)29(25)33-3)27(23-18-12-7-13-19-23)26(21-14-8-5-9-15-21)22-16-10-6-11-17-22/h5-20H,1-4H3. The average Bonchev–Trinajstić information content (AvgIpc) is 2.91. The van der Waals surface area contributed by atoms with Crippen LogP contribution in [0.4, 0.5) is 0 Å². The summed E-state index contributed by atoms with van der Waals surface area (Å²) in [5, 5.41) is 0. The molecule has 0 fully saturated rings. The Hall–Kier alpha value is -4.18. The van der Waals surface area contributed by atoms with Crippen LogP contribution in [0.1, 0.15) is 22.3 Å². The van der Waals surface area contributed by atoms with Crippen LogP contribution in [0.25, 0.3) is 11.1 Å². The smallest absolute Gasteiger partial charge is 0.207 e. The summed E-state index contributed by atoms with van der Waals surface area (Å²) in [5.41, 5.74) is 6.12. The molecule has 0 unspecified atom stereocenters. The summed E-state index contributed by atoms with van der Waals surface area (Å²) in [7, 11) is 6.45. The molecule has 0 spiro atoms. The van der Waals surface area contributed by atoms with E-state index in [0.717, 1.165) is 33.4 Å². The summed E-state index contributed by atoms with van der Waals surface area (Å²) in [5.74, 6) is 2.10. The van der Waals surface area contributed by atoms with E-state index in [1.165, 1.54) is 0 Å². The van der Waals surface area contributed by atoms with Gasteiger partial charge in [0.05, 0.1) is 28.4 Å². The first-order valence-corrected chi connectivity index (χ1v) is 11.0. The third kappa shape index (κ3) is 4.35. The zero-order valence-corrected chi connectivity index (χ0v) is 19.9. The fourth-order valence-electron chi connectivity index (χ4n) is 4.22. The Morgan fingerprint density at radius 1 is 0.441 bits per heavy atom. The zero-order chi connectivity index (χ0) is 23.9. The minimum Gasteiger partial charge on any atom is -0.493 e. The number of rotatable bonds is 8. The molecule has 0 amide bonds.